The number of halogens is 1. The van der Waals surface area contributed by atoms with Gasteiger partial charge in [0.1, 0.15) is 24.4 Å². The molecule has 0 spiro atoms. The van der Waals surface area contributed by atoms with Gasteiger partial charge in [0, 0.05) is 7.05 Å². The first-order valence-corrected chi connectivity index (χ1v) is 5.51. The van der Waals surface area contributed by atoms with Gasteiger partial charge in [-0.05, 0) is 6.42 Å². The zero-order valence-corrected chi connectivity index (χ0v) is 9.96. The van der Waals surface area contributed by atoms with Gasteiger partial charge in [0.2, 0.25) is 0 Å². The predicted octanol–water partition coefficient (Wildman–Crippen LogP) is 1.14. The highest BCUT2D eigenvalue weighted by atomic mass is 35.5. The van der Waals surface area contributed by atoms with E-state index in [0.717, 1.165) is 17.9 Å². The molecule has 0 amide bonds. The molecular weight excluding hydrogens is 228 g/mol. The molecule has 2 heterocycles. The number of hydrogen-bond acceptors (Lipinski definition) is 4. The van der Waals surface area contributed by atoms with Crippen molar-refractivity contribution in [2.45, 2.75) is 25.3 Å². The van der Waals surface area contributed by atoms with Crippen LogP contribution < -0.4 is 0 Å². The summed E-state index contributed by atoms with van der Waals surface area (Å²) >= 11 is 6.07. The fourth-order valence-corrected chi connectivity index (χ4v) is 1.45. The second-order valence-corrected chi connectivity index (χ2v) is 4.04. The monoisotopic (exact) mass is 240 g/mol. The van der Waals surface area contributed by atoms with Crippen LogP contribution in [0.5, 0.6) is 0 Å². The molecule has 0 aliphatic heterocycles. The summed E-state index contributed by atoms with van der Waals surface area (Å²) in [7, 11) is 1.84. The van der Waals surface area contributed by atoms with E-state index in [-0.39, 0.29) is 5.38 Å². The van der Waals surface area contributed by atoms with Crippen molar-refractivity contribution in [2.75, 3.05) is 0 Å². The molecule has 0 aromatic carbocycles. The van der Waals surface area contributed by atoms with Gasteiger partial charge in [0.05, 0.1) is 11.6 Å². The first-order valence-electron chi connectivity index (χ1n) is 5.07. The summed E-state index contributed by atoms with van der Waals surface area (Å²) in [4.78, 5) is 4.12. The number of rotatable bonds is 4. The summed E-state index contributed by atoms with van der Waals surface area (Å²) < 4.78 is 3.42. The van der Waals surface area contributed by atoms with Gasteiger partial charge in [-0.25, -0.2) is 9.67 Å². The maximum Gasteiger partial charge on any atom is 0.148 e. The summed E-state index contributed by atoms with van der Waals surface area (Å²) in [5.74, 6) is 0.832. The highest BCUT2D eigenvalue weighted by molar-refractivity contribution is 6.20. The van der Waals surface area contributed by atoms with Gasteiger partial charge in [0.25, 0.3) is 0 Å². The quantitative estimate of drug-likeness (QED) is 0.752. The fourth-order valence-electron chi connectivity index (χ4n) is 1.35. The average molecular weight is 241 g/mol. The average Bonchev–Trinajstić information content (AvgIpc) is 2.89. The third-order valence-electron chi connectivity index (χ3n) is 2.34. The predicted molar refractivity (Wildman–Crippen MR) is 59.0 cm³/mol. The largest absolute Gasteiger partial charge is 0.251 e. The van der Waals surface area contributed by atoms with Gasteiger partial charge in [-0.1, -0.05) is 12.1 Å². The molecule has 6 nitrogen and oxygen atoms in total. The van der Waals surface area contributed by atoms with Gasteiger partial charge >= 0.3 is 0 Å². The Balaban J connectivity index is 2.11. The molecule has 0 aliphatic carbocycles. The first kappa shape index (κ1) is 11.1. The standard InChI is InChI=1S/C9H13ClN6/c1-3-7(10)8-4-16(14-13-8)5-9-11-6-12-15(9)2/h4,6-7H,3,5H2,1-2H3. The van der Waals surface area contributed by atoms with E-state index in [2.05, 4.69) is 20.4 Å². The van der Waals surface area contributed by atoms with E-state index in [1.54, 1.807) is 9.36 Å². The van der Waals surface area contributed by atoms with Crippen LogP contribution in [0.4, 0.5) is 0 Å². The Morgan fingerprint density at radius 3 is 2.94 bits per heavy atom. The molecule has 2 aromatic heterocycles. The molecule has 2 aromatic rings. The van der Waals surface area contributed by atoms with Crippen LogP contribution in [0.25, 0.3) is 0 Å². The lowest BCUT2D eigenvalue weighted by Crippen LogP contribution is -2.07. The van der Waals surface area contributed by atoms with Crippen molar-refractivity contribution >= 4 is 11.6 Å². The van der Waals surface area contributed by atoms with Crippen molar-refractivity contribution in [3.63, 3.8) is 0 Å². The minimum Gasteiger partial charge on any atom is -0.251 e. The van der Waals surface area contributed by atoms with E-state index in [9.17, 15) is 0 Å². The molecule has 0 radical (unpaired) electrons. The fraction of sp³-hybridized carbons (Fsp3) is 0.556. The Bertz CT molecular complexity index is 462. The van der Waals surface area contributed by atoms with Crippen LogP contribution in [-0.4, -0.2) is 29.8 Å². The topological polar surface area (TPSA) is 61.4 Å². The molecule has 1 unspecified atom stereocenters. The molecule has 1 atom stereocenters. The Hall–Kier alpha value is -1.43. The third kappa shape index (κ3) is 2.21. The molecule has 0 N–H and O–H groups in total. The summed E-state index contributed by atoms with van der Waals surface area (Å²) in [6.07, 6.45) is 4.20. The van der Waals surface area contributed by atoms with E-state index in [1.807, 2.05) is 20.2 Å². The summed E-state index contributed by atoms with van der Waals surface area (Å²) in [6, 6.07) is 0. The smallest absolute Gasteiger partial charge is 0.148 e. The summed E-state index contributed by atoms with van der Waals surface area (Å²) in [6.45, 7) is 2.57. The minimum absolute atomic E-state index is 0.0757. The number of alkyl halides is 1. The number of aromatic nitrogens is 6. The number of hydrogen-bond donors (Lipinski definition) is 0. The second kappa shape index (κ2) is 4.61. The molecule has 0 fully saturated rings. The van der Waals surface area contributed by atoms with E-state index in [1.165, 1.54) is 6.33 Å². The van der Waals surface area contributed by atoms with E-state index in [4.69, 9.17) is 11.6 Å². The van der Waals surface area contributed by atoms with Crippen LogP contribution in [0.3, 0.4) is 0 Å². The van der Waals surface area contributed by atoms with Crippen LogP contribution in [0.1, 0.15) is 30.2 Å². The second-order valence-electron chi connectivity index (χ2n) is 3.52. The van der Waals surface area contributed by atoms with Gasteiger partial charge in [-0.2, -0.15) is 5.10 Å². The normalized spacial score (nSPS) is 12.9. The molecule has 16 heavy (non-hydrogen) atoms. The highest BCUT2D eigenvalue weighted by Crippen LogP contribution is 2.20. The Kier molecular flexibility index (Phi) is 3.19. The number of nitrogens with zero attached hydrogens (tertiary/aromatic N) is 6. The lowest BCUT2D eigenvalue weighted by Gasteiger charge is -2.00. The maximum atomic E-state index is 6.07. The lowest BCUT2D eigenvalue weighted by molar-refractivity contribution is 0.589. The van der Waals surface area contributed by atoms with Crippen LogP contribution in [-0.2, 0) is 13.6 Å². The van der Waals surface area contributed by atoms with E-state index in [0.29, 0.717) is 6.54 Å². The van der Waals surface area contributed by atoms with Gasteiger partial charge in [0.15, 0.2) is 0 Å². The molecule has 2 rings (SSSR count). The van der Waals surface area contributed by atoms with Crippen molar-refractivity contribution in [2.24, 2.45) is 7.05 Å². The maximum absolute atomic E-state index is 6.07. The Labute approximate surface area is 98.2 Å². The van der Waals surface area contributed by atoms with Gasteiger partial charge in [-0.3, -0.25) is 4.68 Å². The van der Waals surface area contributed by atoms with Crippen molar-refractivity contribution in [1.29, 1.82) is 0 Å². The van der Waals surface area contributed by atoms with Crippen LogP contribution in [0.15, 0.2) is 12.5 Å². The van der Waals surface area contributed by atoms with Crippen molar-refractivity contribution in [1.82, 2.24) is 29.8 Å². The minimum atomic E-state index is -0.0757. The van der Waals surface area contributed by atoms with Gasteiger partial charge < -0.3 is 0 Å². The summed E-state index contributed by atoms with van der Waals surface area (Å²) in [5, 5.41) is 11.9. The zero-order valence-electron chi connectivity index (χ0n) is 9.21. The molecule has 0 aliphatic rings. The Morgan fingerprint density at radius 1 is 1.50 bits per heavy atom. The molecule has 0 saturated heterocycles. The van der Waals surface area contributed by atoms with Crippen LogP contribution in [0, 0.1) is 0 Å². The third-order valence-corrected chi connectivity index (χ3v) is 2.88. The molecule has 7 heteroatoms. The molecular formula is C9H13ClN6. The highest BCUT2D eigenvalue weighted by Gasteiger charge is 2.11. The van der Waals surface area contributed by atoms with Gasteiger partial charge in [-0.15, -0.1) is 16.7 Å². The van der Waals surface area contributed by atoms with Crippen LogP contribution in [0.2, 0.25) is 0 Å². The van der Waals surface area contributed by atoms with Crippen molar-refractivity contribution in [3.8, 4) is 0 Å². The zero-order chi connectivity index (χ0) is 11.5. The lowest BCUT2D eigenvalue weighted by atomic mass is 10.3. The van der Waals surface area contributed by atoms with Crippen LogP contribution >= 0.6 is 11.6 Å². The molecule has 86 valence electrons. The van der Waals surface area contributed by atoms with E-state index >= 15 is 0 Å². The SMILES string of the molecule is CCC(Cl)c1cn(Cc2ncnn2C)nn1. The molecule has 0 bridgehead atoms. The van der Waals surface area contributed by atoms with E-state index < -0.39 is 0 Å². The van der Waals surface area contributed by atoms with Crippen molar-refractivity contribution in [3.05, 3.63) is 24.0 Å². The van der Waals surface area contributed by atoms with Crippen molar-refractivity contribution < 1.29 is 0 Å². The Morgan fingerprint density at radius 2 is 2.31 bits per heavy atom. The number of aryl methyl sites for hydroxylation is 1. The first-order chi connectivity index (χ1) is 7.70. The molecule has 0 saturated carbocycles. The summed E-state index contributed by atoms with van der Waals surface area (Å²) in [5.41, 5.74) is 0.798.